The molecule has 0 radical (unpaired) electrons. The molecule has 1 aromatic heterocycles. The number of halogens is 1. The van der Waals surface area contributed by atoms with E-state index in [-0.39, 0.29) is 29.5 Å². The highest BCUT2D eigenvalue weighted by Crippen LogP contribution is 2.34. The molecule has 3 N–H and O–H groups in total. The van der Waals surface area contributed by atoms with Gasteiger partial charge in [-0.15, -0.1) is 24.0 Å². The Kier molecular flexibility index (Phi) is 9.36. The van der Waals surface area contributed by atoms with Crippen LogP contribution in [0.5, 0.6) is 0 Å². The molecule has 0 aliphatic carbocycles. The lowest BCUT2D eigenvalue weighted by Gasteiger charge is -2.42. The Balaban J connectivity index is 0.00000272. The second-order valence-corrected chi connectivity index (χ2v) is 9.47. The van der Waals surface area contributed by atoms with E-state index in [0.29, 0.717) is 0 Å². The number of aromatic nitrogens is 1. The van der Waals surface area contributed by atoms with Gasteiger partial charge in [-0.1, -0.05) is 12.1 Å². The average Bonchev–Trinajstić information content (AvgIpc) is 3.40. The van der Waals surface area contributed by atoms with E-state index in [1.807, 2.05) is 0 Å². The van der Waals surface area contributed by atoms with Crippen LogP contribution in [-0.4, -0.2) is 78.8 Å². The van der Waals surface area contributed by atoms with Crippen molar-refractivity contribution in [3.8, 4) is 0 Å². The number of thioether (sulfide) groups is 1. The van der Waals surface area contributed by atoms with E-state index >= 15 is 0 Å². The van der Waals surface area contributed by atoms with Crippen LogP contribution in [0.1, 0.15) is 24.5 Å². The highest BCUT2D eigenvalue weighted by Gasteiger charge is 2.40. The van der Waals surface area contributed by atoms with Gasteiger partial charge in [-0.25, -0.2) is 0 Å². The minimum atomic E-state index is 0. The van der Waals surface area contributed by atoms with Crippen LogP contribution in [0.25, 0.3) is 10.9 Å². The van der Waals surface area contributed by atoms with Crippen LogP contribution in [0.2, 0.25) is 0 Å². The first-order chi connectivity index (χ1) is 14.7. The molecule has 2 aliphatic rings. The first kappa shape index (κ1) is 24.7. The number of aliphatic imine (C=N–C) groups is 1. The third-order valence-corrected chi connectivity index (χ3v) is 7.48. The van der Waals surface area contributed by atoms with Crippen molar-refractivity contribution in [2.75, 3.05) is 57.4 Å². The van der Waals surface area contributed by atoms with Crippen molar-refractivity contribution >= 4 is 52.6 Å². The van der Waals surface area contributed by atoms with Crippen molar-refractivity contribution in [1.29, 1.82) is 0 Å². The number of H-pyrrole nitrogens is 1. The molecule has 4 rings (SSSR count). The Hall–Kier alpha value is -0.970. The van der Waals surface area contributed by atoms with Gasteiger partial charge in [0, 0.05) is 49.0 Å². The van der Waals surface area contributed by atoms with Gasteiger partial charge in [-0.3, -0.25) is 9.89 Å². The van der Waals surface area contributed by atoms with Crippen LogP contribution in [0.4, 0.5) is 0 Å². The molecule has 0 spiro atoms. The molecule has 1 atom stereocenters. The maximum Gasteiger partial charge on any atom is 0.191 e. The monoisotopic (exact) mass is 557 g/mol. The molecule has 172 valence electrons. The fraction of sp³-hybridized carbons (Fsp3) is 0.609. The number of aromatic amines is 1. The van der Waals surface area contributed by atoms with E-state index in [4.69, 9.17) is 9.73 Å². The molecule has 2 aromatic rings. The number of morpholine rings is 1. The zero-order valence-corrected chi connectivity index (χ0v) is 21.9. The van der Waals surface area contributed by atoms with Gasteiger partial charge in [0.1, 0.15) is 0 Å². The summed E-state index contributed by atoms with van der Waals surface area (Å²) in [5.41, 5.74) is 4.04. The number of nitrogens with one attached hydrogen (secondary N) is 3. The average molecular weight is 558 g/mol. The fourth-order valence-corrected chi connectivity index (χ4v) is 5.97. The number of benzene rings is 1. The molecule has 2 aliphatic heterocycles. The number of rotatable bonds is 7. The normalized spacial score (nSPS) is 22.5. The fourth-order valence-electron chi connectivity index (χ4n) is 4.50. The summed E-state index contributed by atoms with van der Waals surface area (Å²) in [5, 5.41) is 8.30. The van der Waals surface area contributed by atoms with Gasteiger partial charge >= 0.3 is 0 Å². The molecule has 0 saturated carbocycles. The second kappa shape index (κ2) is 11.8. The van der Waals surface area contributed by atoms with E-state index in [1.165, 1.54) is 40.0 Å². The Morgan fingerprint density at radius 2 is 2.13 bits per heavy atom. The van der Waals surface area contributed by atoms with Crippen molar-refractivity contribution in [2.45, 2.75) is 32.2 Å². The number of hydrogen-bond acceptors (Lipinski definition) is 4. The lowest BCUT2D eigenvalue weighted by molar-refractivity contribution is -0.0104. The Morgan fingerprint density at radius 1 is 1.29 bits per heavy atom. The van der Waals surface area contributed by atoms with Gasteiger partial charge in [-0.05, 0) is 49.6 Å². The third kappa shape index (κ3) is 6.09. The SMILES string of the molecule is CCNC(=NCC1(N2CCOCC2)CCSC1)NCCc1c[nH]c2cc(C)ccc12.I. The molecular weight excluding hydrogens is 521 g/mol. The summed E-state index contributed by atoms with van der Waals surface area (Å²) in [6.45, 7) is 10.6. The highest BCUT2D eigenvalue weighted by atomic mass is 127. The van der Waals surface area contributed by atoms with Gasteiger partial charge in [0.15, 0.2) is 5.96 Å². The summed E-state index contributed by atoms with van der Waals surface area (Å²) >= 11 is 2.06. The van der Waals surface area contributed by atoms with Crippen LogP contribution in [0.15, 0.2) is 29.4 Å². The maximum absolute atomic E-state index is 5.58. The van der Waals surface area contributed by atoms with Crippen molar-refractivity contribution < 1.29 is 4.74 Å². The number of aryl methyl sites for hydroxylation is 1. The zero-order valence-electron chi connectivity index (χ0n) is 18.7. The number of hydrogen-bond donors (Lipinski definition) is 3. The van der Waals surface area contributed by atoms with Crippen molar-refractivity contribution in [3.63, 3.8) is 0 Å². The predicted octanol–water partition coefficient (Wildman–Crippen LogP) is 3.40. The lowest BCUT2D eigenvalue weighted by Crippen LogP contribution is -2.56. The third-order valence-electron chi connectivity index (χ3n) is 6.25. The molecule has 2 fully saturated rings. The Morgan fingerprint density at radius 3 is 2.87 bits per heavy atom. The largest absolute Gasteiger partial charge is 0.379 e. The van der Waals surface area contributed by atoms with Crippen LogP contribution in [-0.2, 0) is 11.2 Å². The number of ether oxygens (including phenoxy) is 1. The molecule has 6 nitrogen and oxygen atoms in total. The smallest absolute Gasteiger partial charge is 0.191 e. The zero-order chi connectivity index (χ0) is 20.8. The number of nitrogens with zero attached hydrogens (tertiary/aromatic N) is 2. The summed E-state index contributed by atoms with van der Waals surface area (Å²) in [6.07, 6.45) is 4.33. The first-order valence-electron chi connectivity index (χ1n) is 11.2. The summed E-state index contributed by atoms with van der Waals surface area (Å²) in [6, 6.07) is 6.62. The highest BCUT2D eigenvalue weighted by molar-refractivity contribution is 14.0. The minimum Gasteiger partial charge on any atom is -0.379 e. The van der Waals surface area contributed by atoms with E-state index in [9.17, 15) is 0 Å². The summed E-state index contributed by atoms with van der Waals surface area (Å²) < 4.78 is 5.58. The van der Waals surface area contributed by atoms with Crippen molar-refractivity contribution in [2.24, 2.45) is 4.99 Å². The summed E-state index contributed by atoms with van der Waals surface area (Å²) in [7, 11) is 0. The molecule has 31 heavy (non-hydrogen) atoms. The van der Waals surface area contributed by atoms with Crippen molar-refractivity contribution in [3.05, 3.63) is 35.5 Å². The van der Waals surface area contributed by atoms with Crippen LogP contribution >= 0.6 is 35.7 Å². The predicted molar refractivity (Wildman–Crippen MR) is 143 cm³/mol. The van der Waals surface area contributed by atoms with E-state index < -0.39 is 0 Å². The Labute approximate surface area is 207 Å². The van der Waals surface area contributed by atoms with Crippen LogP contribution in [0, 0.1) is 6.92 Å². The van der Waals surface area contributed by atoms with Crippen LogP contribution in [0.3, 0.4) is 0 Å². The molecule has 0 amide bonds. The van der Waals surface area contributed by atoms with Crippen molar-refractivity contribution in [1.82, 2.24) is 20.5 Å². The van der Waals surface area contributed by atoms with E-state index in [0.717, 1.165) is 58.3 Å². The van der Waals surface area contributed by atoms with E-state index in [2.05, 4.69) is 70.5 Å². The van der Waals surface area contributed by atoms with Gasteiger partial charge in [0.05, 0.1) is 25.3 Å². The number of guanidine groups is 1. The lowest BCUT2D eigenvalue weighted by atomic mass is 9.96. The van der Waals surface area contributed by atoms with Gasteiger partial charge in [0.25, 0.3) is 0 Å². The topological polar surface area (TPSA) is 64.7 Å². The molecular formula is C23H36IN5OS. The molecule has 0 bridgehead atoms. The Bertz CT molecular complexity index is 859. The summed E-state index contributed by atoms with van der Waals surface area (Å²) in [4.78, 5) is 11.1. The molecule has 1 unspecified atom stereocenters. The quantitative estimate of drug-likeness (QED) is 0.277. The molecule has 3 heterocycles. The minimum absolute atomic E-state index is 0. The molecule has 2 saturated heterocycles. The standard InChI is InChI=1S/C23H35N5OS.HI/c1-3-24-22(25-8-6-19-15-26-21-14-18(2)4-5-20(19)21)27-16-23(7-13-30-17-23)28-9-11-29-12-10-28;/h4-5,14-15,26H,3,6-13,16-17H2,1-2H3,(H2,24,25,27);1H. The first-order valence-corrected chi connectivity index (χ1v) is 12.3. The van der Waals surface area contributed by atoms with E-state index in [1.54, 1.807) is 0 Å². The maximum atomic E-state index is 5.58. The molecule has 8 heteroatoms. The second-order valence-electron chi connectivity index (χ2n) is 8.36. The molecule has 1 aromatic carbocycles. The number of fused-ring (bicyclic) bond motifs is 1. The van der Waals surface area contributed by atoms with Gasteiger partial charge in [0.2, 0.25) is 0 Å². The summed E-state index contributed by atoms with van der Waals surface area (Å²) in [5.74, 6) is 3.33. The van der Waals surface area contributed by atoms with Crippen LogP contribution < -0.4 is 10.6 Å². The van der Waals surface area contributed by atoms with Gasteiger partial charge < -0.3 is 20.4 Å². The van der Waals surface area contributed by atoms with Gasteiger partial charge in [-0.2, -0.15) is 11.8 Å².